The monoisotopic (exact) mass is 265 g/mol. The Bertz CT molecular complexity index is 417. The maximum Gasteiger partial charge on any atom is 0.116 e. The van der Waals surface area contributed by atoms with Crippen LogP contribution in [0, 0.1) is 0 Å². The molecule has 0 spiro atoms. The minimum absolute atomic E-state index is 0.431. The Morgan fingerprint density at radius 2 is 2.41 bits per heavy atom. The molecule has 5 heteroatoms. The number of nitrogens with zero attached hydrogens (tertiary/aromatic N) is 2. The number of thiophene rings is 1. The van der Waals surface area contributed by atoms with Crippen molar-refractivity contribution in [2.45, 2.75) is 18.0 Å². The molecule has 0 aliphatic heterocycles. The van der Waals surface area contributed by atoms with Gasteiger partial charge in [0.15, 0.2) is 0 Å². The van der Waals surface area contributed by atoms with E-state index >= 15 is 0 Å². The van der Waals surface area contributed by atoms with Gasteiger partial charge in [0.1, 0.15) is 6.33 Å². The molecule has 90 valence electrons. The van der Waals surface area contributed by atoms with Crippen LogP contribution in [0.4, 0.5) is 0 Å². The van der Waals surface area contributed by atoms with Crippen LogP contribution >= 0.6 is 23.1 Å². The van der Waals surface area contributed by atoms with Gasteiger partial charge < -0.3 is 5.32 Å². The van der Waals surface area contributed by atoms with E-state index in [1.54, 1.807) is 35.6 Å². The standard InChI is InChI=1S/C12H15N3S2/c1-10(11-3-2-7-16-11)14-6-8-17-12-4-5-13-9-15-12/h2-5,7,9-10,14H,6,8H2,1H3. The summed E-state index contributed by atoms with van der Waals surface area (Å²) in [6, 6.07) is 6.63. The van der Waals surface area contributed by atoms with Gasteiger partial charge in [-0.2, -0.15) is 0 Å². The summed E-state index contributed by atoms with van der Waals surface area (Å²) >= 11 is 3.54. The second-order valence-electron chi connectivity index (χ2n) is 3.59. The van der Waals surface area contributed by atoms with Gasteiger partial charge >= 0.3 is 0 Å². The van der Waals surface area contributed by atoms with Crippen molar-refractivity contribution in [1.82, 2.24) is 15.3 Å². The Kier molecular flexibility index (Phi) is 4.97. The van der Waals surface area contributed by atoms with Crippen LogP contribution in [0.25, 0.3) is 0 Å². The SMILES string of the molecule is CC(NCCSc1ccncn1)c1cccs1. The summed E-state index contributed by atoms with van der Waals surface area (Å²) in [4.78, 5) is 9.45. The van der Waals surface area contributed by atoms with Crippen molar-refractivity contribution in [2.24, 2.45) is 0 Å². The number of hydrogen-bond acceptors (Lipinski definition) is 5. The first kappa shape index (κ1) is 12.5. The molecule has 0 radical (unpaired) electrons. The molecule has 0 bridgehead atoms. The van der Waals surface area contributed by atoms with E-state index < -0.39 is 0 Å². The topological polar surface area (TPSA) is 37.8 Å². The molecular weight excluding hydrogens is 250 g/mol. The van der Waals surface area contributed by atoms with Gasteiger partial charge in [-0.25, -0.2) is 9.97 Å². The van der Waals surface area contributed by atoms with Gasteiger partial charge in [0.25, 0.3) is 0 Å². The first-order chi connectivity index (χ1) is 8.36. The van der Waals surface area contributed by atoms with Gasteiger partial charge in [-0.15, -0.1) is 23.1 Å². The molecule has 0 aliphatic carbocycles. The van der Waals surface area contributed by atoms with Crippen LogP contribution in [0.2, 0.25) is 0 Å². The fourth-order valence-corrected chi connectivity index (χ4v) is 2.90. The molecule has 0 aliphatic rings. The molecule has 0 fully saturated rings. The molecule has 2 rings (SSSR count). The molecule has 1 atom stereocenters. The van der Waals surface area contributed by atoms with Crippen molar-refractivity contribution in [3.63, 3.8) is 0 Å². The Labute approximate surface area is 110 Å². The summed E-state index contributed by atoms with van der Waals surface area (Å²) in [5, 5.41) is 6.65. The summed E-state index contributed by atoms with van der Waals surface area (Å²) in [6.07, 6.45) is 3.36. The van der Waals surface area contributed by atoms with Gasteiger partial charge in [-0.3, -0.25) is 0 Å². The second-order valence-corrected chi connectivity index (χ2v) is 5.68. The van der Waals surface area contributed by atoms with Crippen molar-refractivity contribution in [3.05, 3.63) is 41.0 Å². The van der Waals surface area contributed by atoms with E-state index in [9.17, 15) is 0 Å². The van der Waals surface area contributed by atoms with Gasteiger partial charge in [0.05, 0.1) is 5.03 Å². The Morgan fingerprint density at radius 3 is 3.12 bits per heavy atom. The van der Waals surface area contributed by atoms with Gasteiger partial charge in [-0.1, -0.05) is 6.07 Å². The molecule has 3 nitrogen and oxygen atoms in total. The zero-order valence-corrected chi connectivity index (χ0v) is 11.3. The molecular formula is C12H15N3S2. The summed E-state index contributed by atoms with van der Waals surface area (Å²) in [7, 11) is 0. The van der Waals surface area contributed by atoms with Crippen molar-refractivity contribution in [2.75, 3.05) is 12.3 Å². The highest BCUT2D eigenvalue weighted by atomic mass is 32.2. The number of aromatic nitrogens is 2. The zero-order valence-electron chi connectivity index (χ0n) is 9.67. The lowest BCUT2D eigenvalue weighted by Gasteiger charge is -2.11. The summed E-state index contributed by atoms with van der Waals surface area (Å²) in [5.41, 5.74) is 0. The van der Waals surface area contributed by atoms with Gasteiger partial charge in [0.2, 0.25) is 0 Å². The predicted octanol–water partition coefficient (Wildman–Crippen LogP) is 2.98. The van der Waals surface area contributed by atoms with Crippen LogP contribution in [0.1, 0.15) is 17.8 Å². The van der Waals surface area contributed by atoms with Crippen molar-refractivity contribution < 1.29 is 0 Å². The average Bonchev–Trinajstić information content (AvgIpc) is 2.89. The molecule has 1 N–H and O–H groups in total. The predicted molar refractivity (Wildman–Crippen MR) is 73.5 cm³/mol. The molecule has 2 aromatic rings. The molecule has 2 aromatic heterocycles. The van der Waals surface area contributed by atoms with Crippen LogP contribution < -0.4 is 5.32 Å². The molecule has 0 amide bonds. The van der Waals surface area contributed by atoms with E-state index in [1.165, 1.54) is 4.88 Å². The average molecular weight is 265 g/mol. The highest BCUT2D eigenvalue weighted by Crippen LogP contribution is 2.18. The Balaban J connectivity index is 1.67. The Hall–Kier alpha value is -0.910. The molecule has 0 saturated carbocycles. The van der Waals surface area contributed by atoms with Crippen LogP contribution in [0.3, 0.4) is 0 Å². The van der Waals surface area contributed by atoms with Crippen LogP contribution in [-0.2, 0) is 0 Å². The van der Waals surface area contributed by atoms with Crippen LogP contribution in [0.15, 0.2) is 41.1 Å². The largest absolute Gasteiger partial charge is 0.309 e. The minimum Gasteiger partial charge on any atom is -0.309 e. The molecule has 0 saturated heterocycles. The number of rotatable bonds is 6. The number of thioether (sulfide) groups is 1. The van der Waals surface area contributed by atoms with Crippen molar-refractivity contribution in [3.8, 4) is 0 Å². The molecule has 1 unspecified atom stereocenters. The van der Waals surface area contributed by atoms with E-state index in [0.29, 0.717) is 6.04 Å². The summed E-state index contributed by atoms with van der Waals surface area (Å²) < 4.78 is 0. The van der Waals surface area contributed by atoms with Gasteiger partial charge in [-0.05, 0) is 24.4 Å². The molecule has 2 heterocycles. The first-order valence-corrected chi connectivity index (χ1v) is 7.38. The normalized spacial score (nSPS) is 12.5. The summed E-state index contributed by atoms with van der Waals surface area (Å²) in [5.74, 6) is 1.02. The highest BCUT2D eigenvalue weighted by molar-refractivity contribution is 7.99. The van der Waals surface area contributed by atoms with E-state index in [2.05, 4.69) is 39.7 Å². The van der Waals surface area contributed by atoms with Crippen LogP contribution in [-0.4, -0.2) is 22.3 Å². The zero-order chi connectivity index (χ0) is 11.9. The lowest BCUT2D eigenvalue weighted by molar-refractivity contribution is 0.610. The molecule has 0 aromatic carbocycles. The third kappa shape index (κ3) is 4.11. The second kappa shape index (κ2) is 6.74. The quantitative estimate of drug-likeness (QED) is 0.495. The van der Waals surface area contributed by atoms with Gasteiger partial charge in [0, 0.05) is 29.4 Å². The number of nitrogens with one attached hydrogen (secondary N) is 1. The van der Waals surface area contributed by atoms with E-state index in [0.717, 1.165) is 17.3 Å². The third-order valence-electron chi connectivity index (χ3n) is 2.33. The third-order valence-corrected chi connectivity index (χ3v) is 4.33. The fourth-order valence-electron chi connectivity index (χ4n) is 1.43. The lowest BCUT2D eigenvalue weighted by Crippen LogP contribution is -2.20. The Morgan fingerprint density at radius 1 is 1.47 bits per heavy atom. The van der Waals surface area contributed by atoms with E-state index in [-0.39, 0.29) is 0 Å². The van der Waals surface area contributed by atoms with Crippen molar-refractivity contribution in [1.29, 1.82) is 0 Å². The number of hydrogen-bond donors (Lipinski definition) is 1. The minimum atomic E-state index is 0.431. The van der Waals surface area contributed by atoms with Crippen LogP contribution in [0.5, 0.6) is 0 Å². The smallest absolute Gasteiger partial charge is 0.116 e. The maximum absolute atomic E-state index is 4.17. The summed E-state index contributed by atoms with van der Waals surface area (Å²) in [6.45, 7) is 3.18. The maximum atomic E-state index is 4.17. The van der Waals surface area contributed by atoms with E-state index in [1.807, 2.05) is 6.07 Å². The molecule has 17 heavy (non-hydrogen) atoms. The van der Waals surface area contributed by atoms with E-state index in [4.69, 9.17) is 0 Å². The lowest BCUT2D eigenvalue weighted by atomic mass is 10.3. The van der Waals surface area contributed by atoms with Crippen molar-refractivity contribution >= 4 is 23.1 Å². The first-order valence-electron chi connectivity index (χ1n) is 5.52. The highest BCUT2D eigenvalue weighted by Gasteiger charge is 2.04. The fraction of sp³-hybridized carbons (Fsp3) is 0.333.